The van der Waals surface area contributed by atoms with E-state index in [0.29, 0.717) is 17.3 Å². The van der Waals surface area contributed by atoms with Crippen LogP contribution in [0.25, 0.3) is 0 Å². The number of ether oxygens (including phenoxy) is 2. The van der Waals surface area contributed by atoms with E-state index < -0.39 is 0 Å². The highest BCUT2D eigenvalue weighted by Crippen LogP contribution is 2.08. The van der Waals surface area contributed by atoms with E-state index in [1.54, 1.807) is 14.0 Å². The summed E-state index contributed by atoms with van der Waals surface area (Å²) >= 11 is 0. The van der Waals surface area contributed by atoms with Crippen molar-refractivity contribution >= 4 is 15.5 Å². The van der Waals surface area contributed by atoms with E-state index in [4.69, 9.17) is 9.47 Å². The normalized spacial score (nSPS) is 13.1. The Labute approximate surface area is 88.3 Å². The molecule has 0 spiro atoms. The molecule has 0 aliphatic carbocycles. The van der Waals surface area contributed by atoms with Gasteiger partial charge in [-0.3, -0.25) is 0 Å². The fourth-order valence-corrected chi connectivity index (χ4v) is 2.53. The molecule has 0 bridgehead atoms. The number of carbonyl (C=O) groups excluding carboxylic acids is 1. The van der Waals surface area contributed by atoms with Gasteiger partial charge in [0.05, 0.1) is 15.7 Å². The van der Waals surface area contributed by atoms with Gasteiger partial charge in [-0.15, -0.1) is 0 Å². The van der Waals surface area contributed by atoms with Gasteiger partial charge in [-0.05, 0) is 12.5 Å². The summed E-state index contributed by atoms with van der Waals surface area (Å²) in [7, 11) is 1.34. The Morgan fingerprint density at radius 1 is 1.57 bits per heavy atom. The first-order valence-electron chi connectivity index (χ1n) is 4.93. The molecule has 0 aliphatic heterocycles. The van der Waals surface area contributed by atoms with Gasteiger partial charge in [0, 0.05) is 19.3 Å². The molecule has 3 nitrogen and oxygen atoms in total. The van der Waals surface area contributed by atoms with Crippen molar-refractivity contribution in [2.75, 3.05) is 19.9 Å². The largest absolute Gasteiger partial charge is 0.467 e. The SMILES string of the molecule is C=C(C)C(=O)OC[SiH2]C(CC)COC. The van der Waals surface area contributed by atoms with Crippen LogP contribution in [-0.4, -0.2) is 35.4 Å². The van der Waals surface area contributed by atoms with Crippen LogP contribution >= 0.6 is 0 Å². The minimum Gasteiger partial charge on any atom is -0.467 e. The highest BCUT2D eigenvalue weighted by molar-refractivity contribution is 6.37. The van der Waals surface area contributed by atoms with Crippen molar-refractivity contribution < 1.29 is 14.3 Å². The minimum atomic E-state index is -0.370. The number of rotatable bonds is 7. The number of methoxy groups -OCH3 is 1. The second-order valence-corrected chi connectivity index (χ2v) is 5.57. The maximum Gasteiger partial charge on any atom is 0.332 e. The van der Waals surface area contributed by atoms with Crippen LogP contribution in [0.5, 0.6) is 0 Å². The van der Waals surface area contributed by atoms with Gasteiger partial charge in [0.15, 0.2) is 0 Å². The molecule has 0 aromatic carbocycles. The zero-order valence-electron chi connectivity index (χ0n) is 9.34. The van der Waals surface area contributed by atoms with Gasteiger partial charge in [-0.1, -0.05) is 19.9 Å². The zero-order chi connectivity index (χ0) is 11.0. The smallest absolute Gasteiger partial charge is 0.332 e. The fourth-order valence-electron chi connectivity index (χ4n) is 1.08. The average molecular weight is 216 g/mol. The van der Waals surface area contributed by atoms with Gasteiger partial charge >= 0.3 is 5.97 Å². The summed E-state index contributed by atoms with van der Waals surface area (Å²) in [4.78, 5) is 11.0. The minimum absolute atomic E-state index is 0.273. The van der Waals surface area contributed by atoms with Crippen LogP contribution in [0.1, 0.15) is 20.3 Å². The third-order valence-corrected chi connectivity index (χ3v) is 4.16. The van der Waals surface area contributed by atoms with Crippen LogP contribution in [0.4, 0.5) is 0 Å². The molecule has 0 fully saturated rings. The molecule has 0 radical (unpaired) electrons. The maximum absolute atomic E-state index is 11.0. The summed E-state index contributed by atoms with van der Waals surface area (Å²) < 4.78 is 10.1. The Morgan fingerprint density at radius 2 is 2.21 bits per heavy atom. The Hall–Kier alpha value is -0.613. The van der Waals surface area contributed by atoms with E-state index in [-0.39, 0.29) is 15.5 Å². The van der Waals surface area contributed by atoms with E-state index in [1.165, 1.54) is 0 Å². The maximum atomic E-state index is 11.0. The molecule has 0 amide bonds. The van der Waals surface area contributed by atoms with Gasteiger partial charge in [0.1, 0.15) is 0 Å². The molecule has 0 rings (SSSR count). The molecule has 4 heteroatoms. The first-order chi connectivity index (χ1) is 6.61. The molecule has 0 aromatic heterocycles. The van der Waals surface area contributed by atoms with E-state index in [9.17, 15) is 4.79 Å². The molecule has 0 aliphatic rings. The molecule has 0 saturated heterocycles. The van der Waals surface area contributed by atoms with Gasteiger partial charge in [-0.2, -0.15) is 0 Å². The van der Waals surface area contributed by atoms with Gasteiger partial charge in [0.2, 0.25) is 0 Å². The van der Waals surface area contributed by atoms with Crippen LogP contribution < -0.4 is 0 Å². The van der Waals surface area contributed by atoms with Crippen LogP contribution in [0.3, 0.4) is 0 Å². The first kappa shape index (κ1) is 13.4. The van der Waals surface area contributed by atoms with Crippen LogP contribution in [0, 0.1) is 0 Å². The molecule has 0 heterocycles. The molecule has 82 valence electrons. The van der Waals surface area contributed by atoms with Crippen molar-refractivity contribution in [3.8, 4) is 0 Å². The van der Waals surface area contributed by atoms with Crippen molar-refractivity contribution in [2.45, 2.75) is 25.8 Å². The molecule has 0 saturated carbocycles. The van der Waals surface area contributed by atoms with Crippen LogP contribution in [-0.2, 0) is 14.3 Å². The summed E-state index contributed by atoms with van der Waals surface area (Å²) in [5.41, 5.74) is 1.08. The second kappa shape index (κ2) is 7.76. The van der Waals surface area contributed by atoms with Crippen molar-refractivity contribution in [2.24, 2.45) is 0 Å². The molecule has 1 unspecified atom stereocenters. The van der Waals surface area contributed by atoms with Crippen molar-refractivity contribution in [3.63, 3.8) is 0 Å². The summed E-state index contributed by atoms with van der Waals surface area (Å²) in [6, 6.07) is 0. The molecule has 0 N–H and O–H groups in total. The lowest BCUT2D eigenvalue weighted by Crippen LogP contribution is -2.17. The van der Waals surface area contributed by atoms with Crippen molar-refractivity contribution in [1.29, 1.82) is 0 Å². The summed E-state index contributed by atoms with van der Waals surface area (Å²) in [6.07, 6.45) is 1.69. The predicted octanol–water partition coefficient (Wildman–Crippen LogP) is 1.08. The number of hydrogen-bond donors (Lipinski definition) is 0. The Balaban J connectivity index is 3.60. The third-order valence-electron chi connectivity index (χ3n) is 2.09. The molecular formula is C10H20O3Si. The predicted molar refractivity (Wildman–Crippen MR) is 60.2 cm³/mol. The monoisotopic (exact) mass is 216 g/mol. The zero-order valence-corrected chi connectivity index (χ0v) is 10.8. The summed E-state index contributed by atoms with van der Waals surface area (Å²) in [5.74, 6) is -0.273. The number of esters is 1. The van der Waals surface area contributed by atoms with E-state index in [1.807, 2.05) is 0 Å². The van der Waals surface area contributed by atoms with Crippen LogP contribution in [0.15, 0.2) is 12.2 Å². The number of carbonyl (C=O) groups is 1. The topological polar surface area (TPSA) is 35.5 Å². The Morgan fingerprint density at radius 3 is 2.64 bits per heavy atom. The molecule has 0 aromatic rings. The van der Waals surface area contributed by atoms with Crippen molar-refractivity contribution in [3.05, 3.63) is 12.2 Å². The highest BCUT2D eigenvalue weighted by Gasteiger charge is 2.09. The second-order valence-electron chi connectivity index (χ2n) is 3.43. The molecule has 14 heavy (non-hydrogen) atoms. The van der Waals surface area contributed by atoms with E-state index in [2.05, 4.69) is 13.5 Å². The quantitative estimate of drug-likeness (QED) is 0.363. The van der Waals surface area contributed by atoms with Gasteiger partial charge < -0.3 is 9.47 Å². The lowest BCUT2D eigenvalue weighted by molar-refractivity contribution is -0.137. The van der Waals surface area contributed by atoms with Gasteiger partial charge in [-0.25, -0.2) is 4.79 Å². The highest BCUT2D eigenvalue weighted by atomic mass is 28.2. The Kier molecular flexibility index (Phi) is 7.42. The lowest BCUT2D eigenvalue weighted by atomic mass is 10.3. The third kappa shape index (κ3) is 5.94. The lowest BCUT2D eigenvalue weighted by Gasteiger charge is -2.12. The van der Waals surface area contributed by atoms with Crippen LogP contribution in [0.2, 0.25) is 5.54 Å². The summed E-state index contributed by atoms with van der Waals surface area (Å²) in [5, 5.41) is 0. The fraction of sp³-hybridized carbons (Fsp3) is 0.700. The standard InChI is InChI=1S/C10H20O3Si/c1-5-9(6-12-4)14-7-13-10(11)8(2)3/h9H,2,5-7,14H2,1,3-4H3. The first-order valence-corrected chi connectivity index (χ1v) is 6.75. The van der Waals surface area contributed by atoms with Crippen molar-refractivity contribution in [1.82, 2.24) is 0 Å². The average Bonchev–Trinajstić information content (AvgIpc) is 2.16. The van der Waals surface area contributed by atoms with Gasteiger partial charge in [0.25, 0.3) is 0 Å². The molecule has 1 atom stereocenters. The number of hydrogen-bond acceptors (Lipinski definition) is 3. The summed E-state index contributed by atoms with van der Waals surface area (Å²) in [6.45, 7) is 8.11. The van der Waals surface area contributed by atoms with E-state index in [0.717, 1.165) is 13.0 Å². The Bertz CT molecular complexity index is 192. The van der Waals surface area contributed by atoms with E-state index >= 15 is 0 Å². The molecular weight excluding hydrogens is 196 g/mol.